The van der Waals surface area contributed by atoms with Gasteiger partial charge in [-0.3, -0.25) is 4.79 Å². The summed E-state index contributed by atoms with van der Waals surface area (Å²) in [5.74, 6) is -0.238. The van der Waals surface area contributed by atoms with Gasteiger partial charge in [0, 0.05) is 19.6 Å². The van der Waals surface area contributed by atoms with Crippen molar-refractivity contribution >= 4 is 5.78 Å². The quantitative estimate of drug-likeness (QED) is 0.707. The zero-order chi connectivity index (χ0) is 15.0. The van der Waals surface area contributed by atoms with Gasteiger partial charge >= 0.3 is 0 Å². The van der Waals surface area contributed by atoms with E-state index in [9.17, 15) is 9.18 Å². The van der Waals surface area contributed by atoms with E-state index in [1.54, 1.807) is 26.2 Å². The summed E-state index contributed by atoms with van der Waals surface area (Å²) in [7, 11) is 1.60. The molecule has 0 amide bonds. The number of hydrogen-bond donors (Lipinski definition) is 1. The van der Waals surface area contributed by atoms with Crippen LogP contribution in [0.2, 0.25) is 0 Å². The molecule has 0 aliphatic rings. The van der Waals surface area contributed by atoms with Gasteiger partial charge in [0.15, 0.2) is 0 Å². The average molecular weight is 282 g/mol. The molecule has 3 nitrogen and oxygen atoms in total. The van der Waals surface area contributed by atoms with Gasteiger partial charge in [-0.15, -0.1) is 0 Å². The molecule has 20 heavy (non-hydrogen) atoms. The van der Waals surface area contributed by atoms with Crippen LogP contribution in [-0.4, -0.2) is 24.6 Å². The minimum atomic E-state index is -0.283. The highest BCUT2D eigenvalue weighted by molar-refractivity contribution is 5.78. The second-order valence-corrected chi connectivity index (χ2v) is 5.04. The largest absolute Gasteiger partial charge is 0.396 e. The molecule has 1 N–H and O–H groups in total. The molecule has 0 aliphatic carbocycles. The normalized spacial score (nSPS) is 14.0. The van der Waals surface area contributed by atoms with Crippen LogP contribution in [0.5, 0.6) is 0 Å². The first-order valence-corrected chi connectivity index (χ1v) is 6.98. The summed E-state index contributed by atoms with van der Waals surface area (Å²) in [6.07, 6.45) is 2.65. The predicted molar refractivity (Wildman–Crippen MR) is 75.9 cm³/mol. The van der Waals surface area contributed by atoms with Crippen LogP contribution in [0.3, 0.4) is 0 Å². The number of hydrogen-bond acceptors (Lipinski definition) is 3. The molecule has 1 aromatic rings. The summed E-state index contributed by atoms with van der Waals surface area (Å²) in [5.41, 5.74) is 0.877. The molecule has 2 atom stereocenters. The molecule has 0 heterocycles. The first-order valence-electron chi connectivity index (χ1n) is 6.98. The van der Waals surface area contributed by atoms with Crippen molar-refractivity contribution in [3.8, 4) is 0 Å². The lowest BCUT2D eigenvalue weighted by atomic mass is 9.89. The number of aliphatic hydroxyl groups excluding tert-OH is 1. The SMILES string of the molecule is CO[C@H](C[C@H](CCCCO)C(C)=O)c1ccc(F)cc1. The Kier molecular flexibility index (Phi) is 7.41. The summed E-state index contributed by atoms with van der Waals surface area (Å²) >= 11 is 0. The second-order valence-electron chi connectivity index (χ2n) is 5.04. The number of rotatable bonds is 9. The van der Waals surface area contributed by atoms with Gasteiger partial charge < -0.3 is 9.84 Å². The first kappa shape index (κ1) is 16.8. The molecule has 0 bridgehead atoms. The Labute approximate surface area is 119 Å². The molecule has 0 fully saturated rings. The molecule has 0 aliphatic heterocycles. The van der Waals surface area contributed by atoms with E-state index >= 15 is 0 Å². The number of Topliss-reactive ketones (excluding diaryl/α,β-unsaturated/α-hetero) is 1. The van der Waals surface area contributed by atoms with E-state index in [0.29, 0.717) is 12.8 Å². The van der Waals surface area contributed by atoms with Crippen LogP contribution in [0.15, 0.2) is 24.3 Å². The van der Waals surface area contributed by atoms with Crippen molar-refractivity contribution in [3.63, 3.8) is 0 Å². The fourth-order valence-corrected chi connectivity index (χ4v) is 2.29. The molecular formula is C16H23FO3. The number of ether oxygens (including phenoxy) is 1. The van der Waals surface area contributed by atoms with Crippen molar-refractivity contribution in [2.24, 2.45) is 5.92 Å². The van der Waals surface area contributed by atoms with Gasteiger partial charge in [0.25, 0.3) is 0 Å². The summed E-state index contributed by atoms with van der Waals surface area (Å²) in [6.45, 7) is 1.73. The maximum absolute atomic E-state index is 12.9. The molecule has 0 radical (unpaired) electrons. The Hall–Kier alpha value is -1.26. The Bertz CT molecular complexity index is 403. The molecule has 0 aromatic heterocycles. The van der Waals surface area contributed by atoms with Crippen LogP contribution in [0.25, 0.3) is 0 Å². The Morgan fingerprint density at radius 1 is 1.30 bits per heavy atom. The summed E-state index contributed by atoms with van der Waals surface area (Å²) in [6, 6.07) is 6.18. The third kappa shape index (κ3) is 5.39. The molecule has 4 heteroatoms. The fourth-order valence-electron chi connectivity index (χ4n) is 2.29. The average Bonchev–Trinajstić information content (AvgIpc) is 2.43. The van der Waals surface area contributed by atoms with E-state index in [-0.39, 0.29) is 30.2 Å². The maximum atomic E-state index is 12.9. The van der Waals surface area contributed by atoms with Gasteiger partial charge in [0.1, 0.15) is 11.6 Å². The van der Waals surface area contributed by atoms with Crippen molar-refractivity contribution in [1.29, 1.82) is 0 Å². The topological polar surface area (TPSA) is 46.5 Å². The molecule has 0 unspecified atom stereocenters. The van der Waals surface area contributed by atoms with Crippen molar-refractivity contribution < 1.29 is 19.0 Å². The van der Waals surface area contributed by atoms with E-state index in [1.165, 1.54) is 12.1 Å². The van der Waals surface area contributed by atoms with Crippen molar-refractivity contribution in [1.82, 2.24) is 0 Å². The van der Waals surface area contributed by atoms with Gasteiger partial charge in [0.2, 0.25) is 0 Å². The number of halogens is 1. The van der Waals surface area contributed by atoms with E-state index in [1.807, 2.05) is 0 Å². The summed E-state index contributed by atoms with van der Waals surface area (Å²) in [5, 5.41) is 8.80. The summed E-state index contributed by atoms with van der Waals surface area (Å²) in [4.78, 5) is 11.7. The van der Waals surface area contributed by atoms with Crippen molar-refractivity contribution in [2.45, 2.75) is 38.7 Å². The minimum absolute atomic E-state index is 0.0865. The number of ketones is 1. The number of aliphatic hydroxyl groups is 1. The van der Waals surface area contributed by atoms with Crippen LogP contribution in [0.4, 0.5) is 4.39 Å². The Balaban J connectivity index is 2.68. The van der Waals surface area contributed by atoms with Gasteiger partial charge in [-0.25, -0.2) is 4.39 Å². The third-order valence-electron chi connectivity index (χ3n) is 3.56. The maximum Gasteiger partial charge on any atom is 0.133 e. The first-order chi connectivity index (χ1) is 9.58. The monoisotopic (exact) mass is 282 g/mol. The van der Waals surface area contributed by atoms with Crippen LogP contribution >= 0.6 is 0 Å². The number of methoxy groups -OCH3 is 1. The van der Waals surface area contributed by atoms with Crippen LogP contribution < -0.4 is 0 Å². The number of unbranched alkanes of at least 4 members (excludes halogenated alkanes) is 1. The van der Waals surface area contributed by atoms with Crippen LogP contribution in [0.1, 0.15) is 44.3 Å². The van der Waals surface area contributed by atoms with E-state index in [4.69, 9.17) is 9.84 Å². The molecule has 112 valence electrons. The van der Waals surface area contributed by atoms with Gasteiger partial charge in [-0.05, 0) is 43.9 Å². The van der Waals surface area contributed by atoms with E-state index in [2.05, 4.69) is 0 Å². The van der Waals surface area contributed by atoms with E-state index < -0.39 is 0 Å². The minimum Gasteiger partial charge on any atom is -0.396 e. The second kappa shape index (κ2) is 8.82. The number of carbonyl (C=O) groups excluding carboxylic acids is 1. The fraction of sp³-hybridized carbons (Fsp3) is 0.562. The highest BCUT2D eigenvalue weighted by atomic mass is 19.1. The number of benzene rings is 1. The van der Waals surface area contributed by atoms with Gasteiger partial charge in [-0.2, -0.15) is 0 Å². The lowest BCUT2D eigenvalue weighted by Gasteiger charge is -2.21. The Morgan fingerprint density at radius 2 is 1.95 bits per heavy atom. The molecule has 1 aromatic carbocycles. The predicted octanol–water partition coefficient (Wildman–Crippen LogP) is 3.27. The molecular weight excluding hydrogens is 259 g/mol. The highest BCUT2D eigenvalue weighted by Gasteiger charge is 2.21. The lowest BCUT2D eigenvalue weighted by Crippen LogP contribution is -2.16. The molecule has 1 rings (SSSR count). The lowest BCUT2D eigenvalue weighted by molar-refractivity contribution is -0.122. The third-order valence-corrected chi connectivity index (χ3v) is 3.56. The van der Waals surface area contributed by atoms with Crippen molar-refractivity contribution in [2.75, 3.05) is 13.7 Å². The zero-order valence-corrected chi connectivity index (χ0v) is 12.1. The van der Waals surface area contributed by atoms with Crippen molar-refractivity contribution in [3.05, 3.63) is 35.6 Å². The standard InChI is InChI=1S/C16H23FO3/c1-12(19)14(5-3-4-10-18)11-16(20-2)13-6-8-15(17)9-7-13/h6-9,14,16,18H,3-5,10-11H2,1-2H3/t14-,16+/m0/s1. The van der Waals surface area contributed by atoms with Crippen LogP contribution in [0, 0.1) is 11.7 Å². The molecule has 0 spiro atoms. The van der Waals surface area contributed by atoms with E-state index in [0.717, 1.165) is 18.4 Å². The Morgan fingerprint density at radius 3 is 2.45 bits per heavy atom. The summed E-state index contributed by atoms with van der Waals surface area (Å²) < 4.78 is 18.4. The van der Waals surface area contributed by atoms with Gasteiger partial charge in [0.05, 0.1) is 6.10 Å². The smallest absolute Gasteiger partial charge is 0.133 e. The number of carbonyl (C=O) groups is 1. The van der Waals surface area contributed by atoms with Gasteiger partial charge in [-0.1, -0.05) is 18.6 Å². The highest BCUT2D eigenvalue weighted by Crippen LogP contribution is 2.28. The molecule has 0 saturated carbocycles. The van der Waals surface area contributed by atoms with Crippen LogP contribution in [-0.2, 0) is 9.53 Å². The zero-order valence-electron chi connectivity index (χ0n) is 12.1. The molecule has 0 saturated heterocycles.